The van der Waals surface area contributed by atoms with Crippen LogP contribution >= 0.6 is 68.0 Å². The Kier molecular flexibility index (Phi) is 15.3. The molecule has 6 aromatic heterocycles. The van der Waals surface area contributed by atoms with E-state index < -0.39 is 8.07 Å². The van der Waals surface area contributed by atoms with Crippen LogP contribution in [0.3, 0.4) is 0 Å². The van der Waals surface area contributed by atoms with Crippen LogP contribution in [0.4, 0.5) is 0 Å². The van der Waals surface area contributed by atoms with Crippen molar-refractivity contribution in [2.75, 3.05) is 0 Å². The summed E-state index contributed by atoms with van der Waals surface area (Å²) in [6.07, 6.45) is 15.8. The van der Waals surface area contributed by atoms with Gasteiger partial charge < -0.3 is 0 Å². The molecule has 6 aromatic rings. The smallest absolute Gasteiger partial charge is 0.133 e. The van der Waals surface area contributed by atoms with Crippen molar-refractivity contribution in [3.05, 3.63) is 81.6 Å². The largest absolute Gasteiger partial charge is 0.192 e. The minimum Gasteiger partial charge on any atom is -0.192 e. The van der Waals surface area contributed by atoms with E-state index in [1.165, 1.54) is 138 Å². The third-order valence-corrected chi connectivity index (χ3v) is 25.4. The van der Waals surface area contributed by atoms with Crippen molar-refractivity contribution in [1.29, 1.82) is 21.0 Å². The number of rotatable bonds is 20. The van der Waals surface area contributed by atoms with Gasteiger partial charge >= 0.3 is 0 Å². The highest BCUT2D eigenvalue weighted by Gasteiger charge is 2.47. The van der Waals surface area contributed by atoms with Gasteiger partial charge in [0, 0.05) is 58.5 Å². The second-order valence-corrected chi connectivity index (χ2v) is 26.6. The SMILES string of the molecule is CCCCCCCC[Si]1(CCCCCCCC)c2cc(-c3ccc(-c4ccc(C(C)=C(C#N)C#N)s4)s3)sc2-c2sc(-c3ccc(-c4ccc(C(C)=C(C#N)C#N)s4)s3)cc21. The number of nitriles is 4. The molecular formula is C50H50N4S6Si. The van der Waals surface area contributed by atoms with Crippen molar-refractivity contribution in [3.8, 4) is 73.0 Å². The van der Waals surface area contributed by atoms with Crippen LogP contribution in [0.25, 0.3) is 59.9 Å². The molecule has 0 radical (unpaired) electrons. The Bertz CT molecular complexity index is 2510. The molecule has 310 valence electrons. The first-order valence-electron chi connectivity index (χ1n) is 21.5. The highest BCUT2D eigenvalue weighted by atomic mass is 32.1. The van der Waals surface area contributed by atoms with E-state index in [1.807, 2.05) is 71.3 Å². The lowest BCUT2D eigenvalue weighted by atomic mass is 10.1. The van der Waals surface area contributed by atoms with Crippen molar-refractivity contribution in [2.45, 2.75) is 117 Å². The van der Waals surface area contributed by atoms with Crippen LogP contribution in [0.1, 0.15) is 114 Å². The lowest BCUT2D eigenvalue weighted by Gasteiger charge is -2.29. The van der Waals surface area contributed by atoms with Crippen LogP contribution in [0.15, 0.2) is 71.8 Å². The Hall–Kier alpha value is -4.14. The molecule has 0 bridgehead atoms. The summed E-state index contributed by atoms with van der Waals surface area (Å²) in [4.78, 5) is 15.1. The van der Waals surface area contributed by atoms with Gasteiger partial charge in [0.15, 0.2) is 0 Å². The molecule has 7 heterocycles. The summed E-state index contributed by atoms with van der Waals surface area (Å²) < 4.78 is 0. The van der Waals surface area contributed by atoms with Crippen LogP contribution in [0, 0.1) is 45.3 Å². The predicted octanol–water partition coefficient (Wildman–Crippen LogP) is 16.6. The summed E-state index contributed by atoms with van der Waals surface area (Å²) in [6.45, 7) is 8.33. The number of unbranched alkanes of at least 4 members (excludes halogenated alkanes) is 10. The van der Waals surface area contributed by atoms with Crippen molar-refractivity contribution >= 4 is 97.6 Å². The monoisotopic (exact) mass is 926 g/mol. The van der Waals surface area contributed by atoms with Gasteiger partial charge in [-0.1, -0.05) is 90.9 Å². The van der Waals surface area contributed by atoms with E-state index in [0.29, 0.717) is 0 Å². The topological polar surface area (TPSA) is 95.2 Å². The molecule has 1 aliphatic heterocycles. The van der Waals surface area contributed by atoms with Gasteiger partial charge in [-0.3, -0.25) is 0 Å². The van der Waals surface area contributed by atoms with Crippen molar-refractivity contribution in [1.82, 2.24) is 0 Å². The zero-order chi connectivity index (χ0) is 42.9. The van der Waals surface area contributed by atoms with Gasteiger partial charge in [0.25, 0.3) is 0 Å². The summed E-state index contributed by atoms with van der Waals surface area (Å²) >= 11 is 11.0. The van der Waals surface area contributed by atoms with Gasteiger partial charge in [0.05, 0.1) is 0 Å². The molecule has 0 aliphatic carbocycles. The minimum atomic E-state index is -2.09. The fraction of sp³-hybridized carbons (Fsp3) is 0.360. The Balaban J connectivity index is 1.25. The van der Waals surface area contributed by atoms with Gasteiger partial charge in [-0.05, 0) is 108 Å². The maximum Gasteiger partial charge on any atom is 0.133 e. The van der Waals surface area contributed by atoms with Gasteiger partial charge in [-0.15, -0.1) is 68.0 Å². The summed E-state index contributed by atoms with van der Waals surface area (Å²) in [5.74, 6) is 0. The standard InChI is InChI=1S/C50H50N4S6Si/c1-5-7-9-11-13-15-25-61(26-16-14-12-10-8-6-2)47-27-45(43-23-21-41(57-43)39-19-17-37(55-39)33(3)35(29-51)30-52)59-49(47)50-48(61)28-46(60-50)44-24-22-42(58-44)40-20-18-38(56-40)34(4)36(31-53)32-54/h17-24,27-28H,5-16,25-26H2,1-4H3. The first kappa shape index (κ1) is 44.9. The number of allylic oxidation sites excluding steroid dienone is 4. The molecule has 7 rings (SSSR count). The molecule has 0 fully saturated rings. The first-order valence-corrected chi connectivity index (χ1v) is 28.8. The zero-order valence-corrected chi connectivity index (χ0v) is 41.3. The second kappa shape index (κ2) is 20.8. The van der Waals surface area contributed by atoms with E-state index in [2.05, 4.69) is 86.7 Å². The quantitative estimate of drug-likeness (QED) is 0.0433. The maximum atomic E-state index is 9.45. The Morgan fingerprint density at radius 1 is 0.426 bits per heavy atom. The number of thiophene rings is 6. The highest BCUT2D eigenvalue weighted by molar-refractivity contribution is 7.34. The van der Waals surface area contributed by atoms with Gasteiger partial charge in [-0.2, -0.15) is 21.0 Å². The Labute approximate surface area is 387 Å². The van der Waals surface area contributed by atoms with E-state index in [-0.39, 0.29) is 11.1 Å². The summed E-state index contributed by atoms with van der Waals surface area (Å²) in [6, 6.07) is 33.5. The van der Waals surface area contributed by atoms with Crippen molar-refractivity contribution in [2.24, 2.45) is 0 Å². The average Bonchev–Trinajstić information content (AvgIpc) is 4.12. The van der Waals surface area contributed by atoms with Gasteiger partial charge in [0.2, 0.25) is 0 Å². The number of nitrogens with zero attached hydrogens (tertiary/aromatic N) is 4. The molecule has 0 aromatic carbocycles. The lowest BCUT2D eigenvalue weighted by Crippen LogP contribution is -2.54. The Morgan fingerprint density at radius 3 is 1.13 bits per heavy atom. The fourth-order valence-corrected chi connectivity index (χ4v) is 22.3. The third-order valence-electron chi connectivity index (χ3n) is 11.9. The highest BCUT2D eigenvalue weighted by Crippen LogP contribution is 2.50. The molecule has 0 N–H and O–H groups in total. The summed E-state index contributed by atoms with van der Waals surface area (Å²) in [7, 11) is -2.09. The predicted molar refractivity (Wildman–Crippen MR) is 270 cm³/mol. The van der Waals surface area contributed by atoms with E-state index in [9.17, 15) is 21.0 Å². The molecule has 0 spiro atoms. The molecule has 1 aliphatic rings. The average molecular weight is 927 g/mol. The number of hydrogen-bond acceptors (Lipinski definition) is 10. The lowest BCUT2D eigenvalue weighted by molar-refractivity contribution is 0.616. The van der Waals surface area contributed by atoms with E-state index in [0.717, 1.165) is 20.9 Å². The summed E-state index contributed by atoms with van der Waals surface area (Å²) in [5.41, 5.74) is 1.83. The van der Waals surface area contributed by atoms with Crippen LogP contribution in [0.5, 0.6) is 0 Å². The third kappa shape index (κ3) is 9.61. The molecule has 11 heteroatoms. The number of fused-ring (bicyclic) bond motifs is 3. The number of hydrogen-bond donors (Lipinski definition) is 0. The zero-order valence-electron chi connectivity index (χ0n) is 35.4. The molecule has 0 saturated carbocycles. The fourth-order valence-electron chi connectivity index (χ4n) is 8.48. The van der Waals surface area contributed by atoms with Crippen LogP contribution in [-0.2, 0) is 0 Å². The molecule has 4 nitrogen and oxygen atoms in total. The second-order valence-electron chi connectivity index (χ2n) is 15.9. The van der Waals surface area contributed by atoms with Crippen LogP contribution in [0.2, 0.25) is 12.1 Å². The molecule has 0 amide bonds. The Morgan fingerprint density at radius 2 is 0.754 bits per heavy atom. The molecule has 61 heavy (non-hydrogen) atoms. The first-order chi connectivity index (χ1) is 29.8. The maximum absolute atomic E-state index is 9.45. The molecule has 0 saturated heterocycles. The molecule has 0 unspecified atom stereocenters. The van der Waals surface area contributed by atoms with E-state index >= 15 is 0 Å². The van der Waals surface area contributed by atoms with Crippen LogP contribution in [-0.4, -0.2) is 8.07 Å². The normalized spacial score (nSPS) is 12.3. The van der Waals surface area contributed by atoms with E-state index in [1.54, 1.807) is 33.0 Å². The molecular weight excluding hydrogens is 877 g/mol. The minimum absolute atomic E-state index is 0.173. The summed E-state index contributed by atoms with van der Waals surface area (Å²) in [5, 5.41) is 41.2. The molecule has 0 atom stereocenters. The van der Waals surface area contributed by atoms with Gasteiger partial charge in [-0.25, -0.2) is 0 Å². The van der Waals surface area contributed by atoms with Crippen molar-refractivity contribution < 1.29 is 0 Å². The van der Waals surface area contributed by atoms with Crippen LogP contribution < -0.4 is 10.4 Å². The van der Waals surface area contributed by atoms with Gasteiger partial charge in [0.1, 0.15) is 43.5 Å². The van der Waals surface area contributed by atoms with E-state index in [4.69, 9.17) is 0 Å². The van der Waals surface area contributed by atoms with Crippen molar-refractivity contribution in [3.63, 3.8) is 0 Å².